The summed E-state index contributed by atoms with van der Waals surface area (Å²) in [6.07, 6.45) is 1.48. The van der Waals surface area contributed by atoms with E-state index in [1.807, 2.05) is 13.8 Å². The summed E-state index contributed by atoms with van der Waals surface area (Å²) in [6.45, 7) is 4.36. The third-order valence-corrected chi connectivity index (χ3v) is 12.0. The minimum atomic E-state index is -2.94. The van der Waals surface area contributed by atoms with Gasteiger partial charge in [0, 0.05) is 65.4 Å². The van der Waals surface area contributed by atoms with Gasteiger partial charge in [-0.05, 0) is 50.3 Å². The highest BCUT2D eigenvalue weighted by Crippen LogP contribution is 2.50. The lowest BCUT2D eigenvalue weighted by Gasteiger charge is -2.32. The first-order valence-electron chi connectivity index (χ1n) is 19.0. The smallest absolute Gasteiger partial charge is 0.242 e. The molecule has 0 saturated heterocycles. The van der Waals surface area contributed by atoms with Gasteiger partial charge in [-0.2, -0.15) is 0 Å². The topological polar surface area (TPSA) is 230 Å². The number of carbonyl (C=O) groups excluding carboxylic acids is 5. The Morgan fingerprint density at radius 2 is 1.07 bits per heavy atom. The third-order valence-electron chi connectivity index (χ3n) is 8.56. The van der Waals surface area contributed by atoms with Gasteiger partial charge in [-0.25, -0.2) is 0 Å². The highest BCUT2D eigenvalue weighted by molar-refractivity contribution is 8.09. The molecule has 0 heterocycles. The molecule has 0 aliphatic heterocycles. The van der Waals surface area contributed by atoms with Crippen LogP contribution in [0.2, 0.25) is 0 Å². The number of carbonyl (C=O) groups is 5. The minimum Gasteiger partial charge on any atom is -0.382 e. The number of hydrogen-bond donors (Lipinski definition) is 6. The van der Waals surface area contributed by atoms with Crippen LogP contribution in [0.1, 0.15) is 65.2 Å². The van der Waals surface area contributed by atoms with Gasteiger partial charge in [0.15, 0.2) is 6.49 Å². The Balaban J connectivity index is 2.87. The maximum Gasteiger partial charge on any atom is 0.242 e. The van der Waals surface area contributed by atoms with Gasteiger partial charge in [0.05, 0.1) is 65.6 Å². The SMILES string of the molecule is COCCOCCNC(=O)CCC(NC(=O)CCC(NC(=O)C1CCC(OP(O)(=S)C(C)C)CC1)C(=O)NCCOCCOC)C(=O)NCCOCCOC. The van der Waals surface area contributed by atoms with Gasteiger partial charge in [-0.15, -0.1) is 0 Å². The van der Waals surface area contributed by atoms with Crippen molar-refractivity contribution in [3.8, 4) is 0 Å². The molecular formula is C35H66N5O13PS. The first kappa shape index (κ1) is 50.7. The number of ether oxygens (including phenoxy) is 6. The van der Waals surface area contributed by atoms with Crippen molar-refractivity contribution in [2.45, 2.75) is 89.1 Å². The van der Waals surface area contributed by atoms with Crippen molar-refractivity contribution in [2.24, 2.45) is 5.92 Å². The van der Waals surface area contributed by atoms with Crippen molar-refractivity contribution in [3.05, 3.63) is 0 Å². The second-order valence-electron chi connectivity index (χ2n) is 13.2. The van der Waals surface area contributed by atoms with Crippen LogP contribution in [0.15, 0.2) is 0 Å². The summed E-state index contributed by atoms with van der Waals surface area (Å²) in [5.74, 6) is -2.58. The Bertz CT molecular complexity index is 1160. The first-order valence-corrected chi connectivity index (χ1v) is 21.7. The van der Waals surface area contributed by atoms with E-state index in [0.29, 0.717) is 71.9 Å². The Labute approximate surface area is 331 Å². The van der Waals surface area contributed by atoms with Crippen molar-refractivity contribution in [2.75, 3.05) is 100 Å². The minimum absolute atomic E-state index is 0.0105. The number of hydrogen-bond acceptors (Lipinski definition) is 13. The Morgan fingerprint density at radius 1 is 0.636 bits per heavy atom. The van der Waals surface area contributed by atoms with Crippen LogP contribution in [0, 0.1) is 5.92 Å². The first-order chi connectivity index (χ1) is 26.3. The molecule has 1 saturated carbocycles. The van der Waals surface area contributed by atoms with E-state index in [1.165, 1.54) is 0 Å². The van der Waals surface area contributed by atoms with E-state index in [-0.39, 0.29) is 82.1 Å². The standard InChI is InChI=1S/C35H66N5O13PS/c1-26(2)54(46,55)53-28-8-6-27(7-9-28)33(43)40-30(35(45)38-16-19-52-25-22-49-5)11-13-32(42)39-29(34(44)37-15-18-51-24-21-48-4)10-12-31(41)36-14-17-50-23-20-47-3/h26-30H,6-25H2,1-5H3,(H,36,41)(H,37,44)(H,38,45)(H,39,42)(H,40,43)(H,46,55). The molecular weight excluding hydrogens is 761 g/mol. The lowest BCUT2D eigenvalue weighted by atomic mass is 9.86. The lowest BCUT2D eigenvalue weighted by Crippen LogP contribution is -2.51. The highest BCUT2D eigenvalue weighted by Gasteiger charge is 2.33. The maximum absolute atomic E-state index is 13.4. The number of amides is 5. The van der Waals surface area contributed by atoms with Crippen LogP contribution in [0.5, 0.6) is 0 Å². The van der Waals surface area contributed by atoms with Crippen molar-refractivity contribution in [1.29, 1.82) is 0 Å². The summed E-state index contributed by atoms with van der Waals surface area (Å²) in [5, 5.41) is 13.7. The van der Waals surface area contributed by atoms with Gasteiger partial charge in [0.25, 0.3) is 0 Å². The van der Waals surface area contributed by atoms with E-state index >= 15 is 0 Å². The molecule has 0 spiro atoms. The van der Waals surface area contributed by atoms with E-state index in [4.69, 9.17) is 44.8 Å². The summed E-state index contributed by atoms with van der Waals surface area (Å²) in [5.41, 5.74) is -0.178. The Morgan fingerprint density at radius 3 is 1.53 bits per heavy atom. The van der Waals surface area contributed by atoms with Crippen LogP contribution in [0.3, 0.4) is 0 Å². The zero-order valence-corrected chi connectivity index (χ0v) is 34.9. The second-order valence-corrected chi connectivity index (χ2v) is 17.2. The largest absolute Gasteiger partial charge is 0.382 e. The van der Waals surface area contributed by atoms with Crippen molar-refractivity contribution < 1.29 is 61.8 Å². The second kappa shape index (κ2) is 30.8. The molecule has 320 valence electrons. The van der Waals surface area contributed by atoms with Crippen molar-refractivity contribution in [1.82, 2.24) is 26.6 Å². The zero-order valence-electron chi connectivity index (χ0n) is 33.2. The van der Waals surface area contributed by atoms with E-state index in [9.17, 15) is 28.9 Å². The number of rotatable bonds is 32. The molecule has 0 aromatic rings. The normalized spacial score (nSPS) is 17.8. The van der Waals surface area contributed by atoms with Crippen molar-refractivity contribution >= 4 is 47.8 Å². The quantitative estimate of drug-likeness (QED) is 0.0392. The van der Waals surface area contributed by atoms with Crippen LogP contribution >= 0.6 is 6.49 Å². The Hall–Kier alpha value is -2.32. The van der Waals surface area contributed by atoms with Gasteiger partial charge < -0.3 is 64.4 Å². The predicted octanol–water partition coefficient (Wildman–Crippen LogP) is 0.140. The van der Waals surface area contributed by atoms with E-state index in [2.05, 4.69) is 26.6 Å². The third kappa shape index (κ3) is 24.1. The molecule has 18 nitrogen and oxygen atoms in total. The molecule has 6 N–H and O–H groups in total. The fourth-order valence-corrected chi connectivity index (χ4v) is 6.48. The maximum atomic E-state index is 13.4. The molecule has 0 aromatic carbocycles. The zero-order chi connectivity index (χ0) is 40.9. The fraction of sp³-hybridized carbons (Fsp3) is 0.857. The summed E-state index contributed by atoms with van der Waals surface area (Å²) >= 11 is 5.28. The van der Waals surface area contributed by atoms with E-state index in [0.717, 1.165) is 0 Å². The summed E-state index contributed by atoms with van der Waals surface area (Å²) in [4.78, 5) is 76.0. The average Bonchev–Trinajstić information content (AvgIpc) is 3.15. The van der Waals surface area contributed by atoms with Crippen LogP contribution in [-0.2, 0) is 68.7 Å². The fourth-order valence-electron chi connectivity index (χ4n) is 5.23. The molecule has 20 heteroatoms. The molecule has 1 fully saturated rings. The average molecular weight is 828 g/mol. The molecule has 3 unspecified atom stereocenters. The molecule has 5 amide bonds. The summed E-state index contributed by atoms with van der Waals surface area (Å²) in [6, 6.07) is -2.10. The van der Waals surface area contributed by atoms with Crippen LogP contribution in [-0.4, -0.2) is 159 Å². The van der Waals surface area contributed by atoms with Gasteiger partial charge in [0.1, 0.15) is 12.1 Å². The molecule has 0 aromatic heterocycles. The molecule has 0 radical (unpaired) electrons. The monoisotopic (exact) mass is 827 g/mol. The van der Waals surface area contributed by atoms with Gasteiger partial charge in [-0.3, -0.25) is 24.0 Å². The lowest BCUT2D eigenvalue weighted by molar-refractivity contribution is -0.133. The molecule has 1 aliphatic rings. The van der Waals surface area contributed by atoms with Gasteiger partial charge >= 0.3 is 0 Å². The van der Waals surface area contributed by atoms with E-state index < -0.39 is 42.2 Å². The Kier molecular flexibility index (Phi) is 28.4. The van der Waals surface area contributed by atoms with Gasteiger partial charge in [-0.1, -0.05) is 13.8 Å². The van der Waals surface area contributed by atoms with Crippen molar-refractivity contribution in [3.63, 3.8) is 0 Å². The van der Waals surface area contributed by atoms with Gasteiger partial charge in [0.2, 0.25) is 29.5 Å². The molecule has 3 atom stereocenters. The van der Waals surface area contributed by atoms with Crippen LogP contribution < -0.4 is 26.6 Å². The number of nitrogens with one attached hydrogen (secondary N) is 5. The summed E-state index contributed by atoms with van der Waals surface area (Å²) in [7, 11) is 4.66. The van der Waals surface area contributed by atoms with Crippen LogP contribution in [0.25, 0.3) is 0 Å². The van der Waals surface area contributed by atoms with E-state index in [1.54, 1.807) is 21.3 Å². The predicted molar refractivity (Wildman–Crippen MR) is 208 cm³/mol. The molecule has 0 bridgehead atoms. The summed E-state index contributed by atoms with van der Waals surface area (Å²) < 4.78 is 36.8. The number of methoxy groups -OCH3 is 3. The van der Waals surface area contributed by atoms with Crippen LogP contribution in [0.4, 0.5) is 0 Å². The molecule has 55 heavy (non-hydrogen) atoms. The highest BCUT2D eigenvalue weighted by atomic mass is 32.5. The molecule has 1 rings (SSSR count). The molecule has 1 aliphatic carbocycles.